The molecular weight excluding hydrogens is 356 g/mol. The van der Waals surface area contributed by atoms with Crippen LogP contribution in [0.3, 0.4) is 0 Å². The predicted octanol–water partition coefficient (Wildman–Crippen LogP) is 2.42. The summed E-state index contributed by atoms with van der Waals surface area (Å²) in [5.41, 5.74) is 4.87. The highest BCUT2D eigenvalue weighted by molar-refractivity contribution is 5.96. The standard InChI is InChI=1S/C21H26N4O3/c1-4-25(5-2)18-10-6-16(7-11-18)14-23-24-20(26)15-22-21(27)17-8-12-19(28-3)13-9-17/h6-14H,4-5,15H2,1-3H3,(H,22,27)(H,24,26)/b23-14-. The maximum atomic E-state index is 12.0. The van der Waals surface area contributed by atoms with E-state index < -0.39 is 5.91 Å². The number of carbonyl (C=O) groups is 2. The van der Waals surface area contributed by atoms with Crippen molar-refractivity contribution in [2.45, 2.75) is 13.8 Å². The van der Waals surface area contributed by atoms with Gasteiger partial charge in [0.05, 0.1) is 19.9 Å². The number of anilines is 1. The van der Waals surface area contributed by atoms with E-state index in [4.69, 9.17) is 4.74 Å². The Morgan fingerprint density at radius 3 is 2.25 bits per heavy atom. The molecule has 0 atom stereocenters. The zero-order chi connectivity index (χ0) is 20.4. The molecule has 7 nitrogen and oxygen atoms in total. The van der Waals surface area contributed by atoms with Crippen molar-refractivity contribution in [3.63, 3.8) is 0 Å². The maximum absolute atomic E-state index is 12.0. The Bertz CT molecular complexity index is 797. The van der Waals surface area contributed by atoms with Crippen molar-refractivity contribution in [1.82, 2.24) is 10.7 Å². The third-order valence-corrected chi connectivity index (χ3v) is 4.19. The van der Waals surface area contributed by atoms with Gasteiger partial charge >= 0.3 is 0 Å². The van der Waals surface area contributed by atoms with Gasteiger partial charge in [0.25, 0.3) is 11.8 Å². The number of rotatable bonds is 9. The van der Waals surface area contributed by atoms with Crippen molar-refractivity contribution in [2.24, 2.45) is 5.10 Å². The third kappa shape index (κ3) is 6.12. The van der Waals surface area contributed by atoms with E-state index >= 15 is 0 Å². The van der Waals surface area contributed by atoms with Gasteiger partial charge in [-0.05, 0) is 55.8 Å². The zero-order valence-corrected chi connectivity index (χ0v) is 16.4. The molecule has 0 aliphatic rings. The second-order valence-electron chi connectivity index (χ2n) is 5.97. The van der Waals surface area contributed by atoms with Crippen molar-refractivity contribution in [2.75, 3.05) is 31.6 Å². The summed E-state index contributed by atoms with van der Waals surface area (Å²) in [6, 6.07) is 14.5. The van der Waals surface area contributed by atoms with Gasteiger partial charge in [-0.25, -0.2) is 5.43 Å². The SMILES string of the molecule is CCN(CC)c1ccc(/C=N\NC(=O)CNC(=O)c2ccc(OC)cc2)cc1. The van der Waals surface area contributed by atoms with Crippen LogP contribution in [0.25, 0.3) is 0 Å². The topological polar surface area (TPSA) is 83.0 Å². The Kier molecular flexibility index (Phi) is 8.02. The van der Waals surface area contributed by atoms with Gasteiger partial charge in [0.2, 0.25) is 0 Å². The molecule has 0 saturated carbocycles. The second kappa shape index (κ2) is 10.7. The van der Waals surface area contributed by atoms with Gasteiger partial charge in [0.15, 0.2) is 0 Å². The van der Waals surface area contributed by atoms with Crippen molar-refractivity contribution in [1.29, 1.82) is 0 Å². The van der Waals surface area contributed by atoms with Crippen molar-refractivity contribution >= 4 is 23.7 Å². The van der Waals surface area contributed by atoms with Crippen LogP contribution < -0.4 is 20.4 Å². The molecule has 0 aliphatic carbocycles. The molecule has 7 heteroatoms. The van der Waals surface area contributed by atoms with Gasteiger partial charge in [0.1, 0.15) is 5.75 Å². The Morgan fingerprint density at radius 2 is 1.68 bits per heavy atom. The van der Waals surface area contributed by atoms with E-state index in [1.807, 2.05) is 24.3 Å². The van der Waals surface area contributed by atoms with Crippen LogP contribution in [-0.2, 0) is 4.79 Å². The lowest BCUT2D eigenvalue weighted by Gasteiger charge is -2.20. The van der Waals surface area contributed by atoms with Crippen LogP contribution in [0.2, 0.25) is 0 Å². The second-order valence-corrected chi connectivity index (χ2v) is 5.97. The van der Waals surface area contributed by atoms with E-state index in [9.17, 15) is 9.59 Å². The molecule has 0 aromatic heterocycles. The molecule has 0 bridgehead atoms. The fourth-order valence-corrected chi connectivity index (χ4v) is 2.58. The summed E-state index contributed by atoms with van der Waals surface area (Å²) in [4.78, 5) is 26.1. The highest BCUT2D eigenvalue weighted by atomic mass is 16.5. The Hall–Kier alpha value is -3.35. The minimum Gasteiger partial charge on any atom is -0.497 e. The number of nitrogens with zero attached hydrogens (tertiary/aromatic N) is 2. The van der Waals surface area contributed by atoms with E-state index in [0.717, 1.165) is 24.3 Å². The van der Waals surface area contributed by atoms with Crippen LogP contribution in [-0.4, -0.2) is 44.8 Å². The number of hydrogen-bond donors (Lipinski definition) is 2. The fraction of sp³-hybridized carbons (Fsp3) is 0.286. The Labute approximate surface area is 165 Å². The monoisotopic (exact) mass is 382 g/mol. The van der Waals surface area contributed by atoms with Crippen molar-refractivity contribution in [3.05, 3.63) is 59.7 Å². The number of ether oxygens (including phenoxy) is 1. The van der Waals surface area contributed by atoms with E-state index in [2.05, 4.69) is 34.6 Å². The minimum absolute atomic E-state index is 0.164. The molecule has 0 spiro atoms. The first kappa shape index (κ1) is 21.0. The zero-order valence-electron chi connectivity index (χ0n) is 16.4. The van der Waals surface area contributed by atoms with Crippen LogP contribution in [0.15, 0.2) is 53.6 Å². The minimum atomic E-state index is -0.405. The normalized spacial score (nSPS) is 10.5. The smallest absolute Gasteiger partial charge is 0.259 e. The van der Waals surface area contributed by atoms with Crippen molar-refractivity contribution in [3.8, 4) is 5.75 Å². The van der Waals surface area contributed by atoms with Gasteiger partial charge in [-0.2, -0.15) is 5.10 Å². The molecule has 148 valence electrons. The first-order valence-corrected chi connectivity index (χ1v) is 9.16. The Morgan fingerprint density at radius 1 is 1.04 bits per heavy atom. The molecule has 0 saturated heterocycles. The molecule has 2 aromatic rings. The molecule has 2 rings (SSSR count). The number of amides is 2. The summed E-state index contributed by atoms with van der Waals surface area (Å²) in [5, 5.41) is 6.47. The summed E-state index contributed by atoms with van der Waals surface area (Å²) in [6.45, 7) is 5.96. The lowest BCUT2D eigenvalue weighted by Crippen LogP contribution is -2.34. The van der Waals surface area contributed by atoms with Crippen LogP contribution >= 0.6 is 0 Å². The van der Waals surface area contributed by atoms with Crippen LogP contribution in [0.5, 0.6) is 5.75 Å². The first-order chi connectivity index (χ1) is 13.6. The fourth-order valence-electron chi connectivity index (χ4n) is 2.58. The largest absolute Gasteiger partial charge is 0.497 e. The quantitative estimate of drug-likeness (QED) is 0.515. The highest BCUT2D eigenvalue weighted by Crippen LogP contribution is 2.14. The van der Waals surface area contributed by atoms with E-state index in [0.29, 0.717) is 11.3 Å². The first-order valence-electron chi connectivity index (χ1n) is 9.16. The molecule has 28 heavy (non-hydrogen) atoms. The van der Waals surface area contributed by atoms with Gasteiger partial charge in [0, 0.05) is 24.3 Å². The molecular formula is C21H26N4O3. The van der Waals surface area contributed by atoms with Gasteiger partial charge < -0.3 is 15.0 Å². The highest BCUT2D eigenvalue weighted by Gasteiger charge is 2.07. The molecule has 0 aliphatic heterocycles. The molecule has 2 N–H and O–H groups in total. The van der Waals surface area contributed by atoms with Gasteiger partial charge in [-0.1, -0.05) is 12.1 Å². The van der Waals surface area contributed by atoms with E-state index in [1.54, 1.807) is 37.6 Å². The molecule has 2 amide bonds. The van der Waals surface area contributed by atoms with E-state index in [-0.39, 0.29) is 12.5 Å². The molecule has 0 fully saturated rings. The number of methoxy groups -OCH3 is 1. The lowest BCUT2D eigenvalue weighted by molar-refractivity contribution is -0.120. The van der Waals surface area contributed by atoms with Crippen LogP contribution in [0.4, 0.5) is 5.69 Å². The average molecular weight is 382 g/mol. The summed E-state index contributed by atoms with van der Waals surface area (Å²) in [5.74, 6) is -0.0830. The number of hydrogen-bond acceptors (Lipinski definition) is 5. The summed E-state index contributed by atoms with van der Waals surface area (Å²) < 4.78 is 5.04. The number of benzene rings is 2. The van der Waals surface area contributed by atoms with E-state index in [1.165, 1.54) is 0 Å². The van der Waals surface area contributed by atoms with Gasteiger partial charge in [-0.3, -0.25) is 9.59 Å². The van der Waals surface area contributed by atoms with Crippen LogP contribution in [0, 0.1) is 0 Å². The molecule has 2 aromatic carbocycles. The maximum Gasteiger partial charge on any atom is 0.259 e. The Balaban J connectivity index is 1.79. The van der Waals surface area contributed by atoms with Crippen LogP contribution in [0.1, 0.15) is 29.8 Å². The summed E-state index contributed by atoms with van der Waals surface area (Å²) in [7, 11) is 1.55. The molecule has 0 heterocycles. The molecule has 0 radical (unpaired) electrons. The predicted molar refractivity (Wildman–Crippen MR) is 111 cm³/mol. The molecule has 0 unspecified atom stereocenters. The van der Waals surface area contributed by atoms with Crippen molar-refractivity contribution < 1.29 is 14.3 Å². The number of carbonyl (C=O) groups excluding carboxylic acids is 2. The number of nitrogens with one attached hydrogen (secondary N) is 2. The summed E-state index contributed by atoms with van der Waals surface area (Å²) in [6.07, 6.45) is 1.56. The summed E-state index contributed by atoms with van der Waals surface area (Å²) >= 11 is 0. The lowest BCUT2D eigenvalue weighted by atomic mass is 10.2. The average Bonchev–Trinajstić information content (AvgIpc) is 2.74. The van der Waals surface area contributed by atoms with Gasteiger partial charge in [-0.15, -0.1) is 0 Å². The third-order valence-electron chi connectivity index (χ3n) is 4.19. The number of hydrazone groups is 1.